The zero-order chi connectivity index (χ0) is 17.7. The van der Waals surface area contributed by atoms with Crippen LogP contribution in [-0.4, -0.2) is 28.6 Å². The molecule has 0 aliphatic rings. The Balaban J connectivity index is 2.23. The van der Waals surface area contributed by atoms with Gasteiger partial charge in [-0.2, -0.15) is 0 Å². The number of nitrogens with zero attached hydrogens (tertiary/aromatic N) is 1. The molecule has 3 N–H and O–H groups in total. The summed E-state index contributed by atoms with van der Waals surface area (Å²) in [5, 5.41) is 25.8. The molecule has 7 nitrogen and oxygen atoms in total. The van der Waals surface area contributed by atoms with E-state index in [1.165, 1.54) is 18.2 Å². The minimum atomic E-state index is -0.560. The zero-order valence-electron chi connectivity index (χ0n) is 13.4. The van der Waals surface area contributed by atoms with Crippen molar-refractivity contribution < 1.29 is 14.8 Å². The van der Waals surface area contributed by atoms with E-state index >= 15 is 0 Å². The molecule has 0 heterocycles. The van der Waals surface area contributed by atoms with Gasteiger partial charge < -0.3 is 15.7 Å². The molecule has 24 heavy (non-hydrogen) atoms. The van der Waals surface area contributed by atoms with Crippen molar-refractivity contribution in [2.75, 3.05) is 17.2 Å². The summed E-state index contributed by atoms with van der Waals surface area (Å²) in [7, 11) is 0. The van der Waals surface area contributed by atoms with E-state index in [-0.39, 0.29) is 29.6 Å². The van der Waals surface area contributed by atoms with E-state index in [4.69, 9.17) is 5.11 Å². The summed E-state index contributed by atoms with van der Waals surface area (Å²) in [5.74, 6) is -0.427. The Labute approximate surface area is 139 Å². The van der Waals surface area contributed by atoms with Crippen molar-refractivity contribution in [3.63, 3.8) is 0 Å². The second-order valence-corrected chi connectivity index (χ2v) is 5.54. The summed E-state index contributed by atoms with van der Waals surface area (Å²) in [6.45, 7) is 3.47. The highest BCUT2D eigenvalue weighted by atomic mass is 16.6. The number of aryl methyl sites for hydroxylation is 1. The van der Waals surface area contributed by atoms with Crippen molar-refractivity contribution in [3.8, 4) is 0 Å². The molecule has 0 saturated carbocycles. The Hall–Kier alpha value is -2.93. The van der Waals surface area contributed by atoms with Crippen LogP contribution in [0.15, 0.2) is 42.5 Å². The third-order valence-corrected chi connectivity index (χ3v) is 3.44. The van der Waals surface area contributed by atoms with Crippen molar-refractivity contribution in [3.05, 3.63) is 63.7 Å². The molecule has 0 bridgehead atoms. The number of hydrogen-bond donors (Lipinski definition) is 3. The van der Waals surface area contributed by atoms with Gasteiger partial charge >= 0.3 is 0 Å². The Morgan fingerprint density at radius 2 is 1.92 bits per heavy atom. The third-order valence-electron chi connectivity index (χ3n) is 3.44. The highest BCUT2D eigenvalue weighted by Gasteiger charge is 2.18. The molecule has 2 aromatic carbocycles. The summed E-state index contributed by atoms with van der Waals surface area (Å²) in [4.78, 5) is 22.9. The Morgan fingerprint density at radius 3 is 2.50 bits per heavy atom. The van der Waals surface area contributed by atoms with Crippen LogP contribution in [0, 0.1) is 17.0 Å². The first-order valence-electron chi connectivity index (χ1n) is 7.44. The second-order valence-electron chi connectivity index (χ2n) is 5.54. The van der Waals surface area contributed by atoms with Gasteiger partial charge in [-0.3, -0.25) is 14.9 Å². The van der Waals surface area contributed by atoms with Gasteiger partial charge in [0.15, 0.2) is 0 Å². The monoisotopic (exact) mass is 329 g/mol. The first-order valence-corrected chi connectivity index (χ1v) is 7.44. The quantitative estimate of drug-likeness (QED) is 0.558. The van der Waals surface area contributed by atoms with E-state index in [1.807, 2.05) is 19.1 Å². The smallest absolute Gasteiger partial charge is 0.293 e. The van der Waals surface area contributed by atoms with E-state index in [9.17, 15) is 14.9 Å². The normalized spacial score (nSPS) is 11.6. The van der Waals surface area contributed by atoms with Crippen LogP contribution in [0.1, 0.15) is 22.8 Å². The second kappa shape index (κ2) is 7.56. The molecule has 0 saturated heterocycles. The van der Waals surface area contributed by atoms with Crippen LogP contribution in [0.25, 0.3) is 0 Å². The summed E-state index contributed by atoms with van der Waals surface area (Å²) >= 11 is 0. The predicted molar refractivity (Wildman–Crippen MR) is 92.4 cm³/mol. The number of amides is 1. The maximum Gasteiger partial charge on any atom is 0.293 e. The molecule has 0 aliphatic heterocycles. The molecule has 0 spiro atoms. The maximum atomic E-state index is 12.3. The van der Waals surface area contributed by atoms with Crippen LogP contribution in [0.2, 0.25) is 0 Å². The number of benzene rings is 2. The van der Waals surface area contributed by atoms with Gasteiger partial charge in [0.2, 0.25) is 0 Å². The predicted octanol–water partition coefficient (Wildman–Crippen LogP) is 2.95. The number of hydrogen-bond acceptors (Lipinski definition) is 5. The minimum absolute atomic E-state index is 0.160. The van der Waals surface area contributed by atoms with E-state index in [1.54, 1.807) is 19.1 Å². The Bertz CT molecular complexity index is 744. The summed E-state index contributed by atoms with van der Waals surface area (Å²) in [5.41, 5.74) is 1.91. The van der Waals surface area contributed by atoms with E-state index in [0.29, 0.717) is 5.69 Å². The van der Waals surface area contributed by atoms with Gasteiger partial charge in [-0.1, -0.05) is 17.7 Å². The summed E-state index contributed by atoms with van der Waals surface area (Å²) < 4.78 is 0. The van der Waals surface area contributed by atoms with E-state index in [0.717, 1.165) is 5.56 Å². The molecule has 0 unspecified atom stereocenters. The lowest BCUT2D eigenvalue weighted by molar-refractivity contribution is -0.384. The van der Waals surface area contributed by atoms with Gasteiger partial charge in [0.25, 0.3) is 11.6 Å². The van der Waals surface area contributed by atoms with Gasteiger partial charge in [0, 0.05) is 23.4 Å². The van der Waals surface area contributed by atoms with Crippen molar-refractivity contribution in [1.29, 1.82) is 0 Å². The van der Waals surface area contributed by atoms with Crippen LogP contribution < -0.4 is 10.6 Å². The molecular formula is C17H19N3O4. The number of carbonyl (C=O) groups is 1. The molecule has 1 atom stereocenters. The van der Waals surface area contributed by atoms with Crippen LogP contribution in [0.4, 0.5) is 17.1 Å². The van der Waals surface area contributed by atoms with E-state index < -0.39 is 10.8 Å². The number of rotatable bonds is 6. The molecule has 0 radical (unpaired) electrons. The fraction of sp³-hybridized carbons (Fsp3) is 0.235. The fourth-order valence-corrected chi connectivity index (χ4v) is 2.10. The molecule has 0 fully saturated rings. The lowest BCUT2D eigenvalue weighted by Gasteiger charge is -2.13. The molecule has 7 heteroatoms. The number of carbonyl (C=O) groups excluding carboxylic acids is 1. The molecule has 2 rings (SSSR count). The number of nitro benzene ring substituents is 1. The van der Waals surface area contributed by atoms with Gasteiger partial charge in [0.05, 0.1) is 11.5 Å². The average Bonchev–Trinajstić information content (AvgIpc) is 2.56. The number of aliphatic hydroxyl groups is 1. The zero-order valence-corrected chi connectivity index (χ0v) is 13.4. The topological polar surface area (TPSA) is 104 Å². The maximum absolute atomic E-state index is 12.3. The molecule has 2 aromatic rings. The van der Waals surface area contributed by atoms with Crippen LogP contribution >= 0.6 is 0 Å². The lowest BCUT2D eigenvalue weighted by atomic mass is 10.1. The molecular weight excluding hydrogens is 310 g/mol. The van der Waals surface area contributed by atoms with Crippen molar-refractivity contribution in [2.24, 2.45) is 0 Å². The third kappa shape index (κ3) is 4.30. The Morgan fingerprint density at radius 1 is 1.25 bits per heavy atom. The van der Waals surface area contributed by atoms with E-state index in [2.05, 4.69) is 10.6 Å². The van der Waals surface area contributed by atoms with Crippen LogP contribution in [0.5, 0.6) is 0 Å². The average molecular weight is 329 g/mol. The lowest BCUT2D eigenvalue weighted by Crippen LogP contribution is -2.20. The SMILES string of the molecule is Cc1ccc(NC(=O)c2ccc(N[C@H](C)CO)c([N+](=O)[O-])c2)cc1. The number of nitrogens with one attached hydrogen (secondary N) is 2. The first kappa shape index (κ1) is 17.4. The molecule has 0 aromatic heterocycles. The largest absolute Gasteiger partial charge is 0.394 e. The number of anilines is 2. The van der Waals surface area contributed by atoms with Crippen molar-refractivity contribution in [2.45, 2.75) is 19.9 Å². The van der Waals surface area contributed by atoms with Crippen molar-refractivity contribution in [1.82, 2.24) is 0 Å². The van der Waals surface area contributed by atoms with Crippen molar-refractivity contribution >= 4 is 23.0 Å². The van der Waals surface area contributed by atoms with Gasteiger partial charge in [-0.15, -0.1) is 0 Å². The fourth-order valence-electron chi connectivity index (χ4n) is 2.10. The number of nitro groups is 1. The summed E-state index contributed by atoms with van der Waals surface area (Å²) in [6, 6.07) is 11.1. The standard InChI is InChI=1S/C17H19N3O4/c1-11-3-6-14(7-4-11)19-17(22)13-5-8-15(18-12(2)10-21)16(9-13)20(23)24/h3-9,12,18,21H,10H2,1-2H3,(H,19,22)/t12-/m1/s1. The van der Waals surface area contributed by atoms with Crippen LogP contribution in [-0.2, 0) is 0 Å². The van der Waals surface area contributed by atoms with Gasteiger partial charge in [0.1, 0.15) is 5.69 Å². The molecule has 126 valence electrons. The highest BCUT2D eigenvalue weighted by molar-refractivity contribution is 6.05. The summed E-state index contributed by atoms with van der Waals surface area (Å²) in [6.07, 6.45) is 0. The first-order chi connectivity index (χ1) is 11.4. The highest BCUT2D eigenvalue weighted by Crippen LogP contribution is 2.26. The Kier molecular flexibility index (Phi) is 5.49. The minimum Gasteiger partial charge on any atom is -0.394 e. The molecule has 0 aliphatic carbocycles. The van der Waals surface area contributed by atoms with Gasteiger partial charge in [-0.25, -0.2) is 0 Å². The van der Waals surface area contributed by atoms with Gasteiger partial charge in [-0.05, 0) is 38.1 Å². The van der Waals surface area contributed by atoms with Crippen LogP contribution in [0.3, 0.4) is 0 Å². The molecule has 1 amide bonds. The number of aliphatic hydroxyl groups excluding tert-OH is 1.